The molecular formula is C21H24N6O2S. The van der Waals surface area contributed by atoms with Crippen molar-refractivity contribution >= 4 is 39.7 Å². The number of benzene rings is 1. The van der Waals surface area contributed by atoms with E-state index in [2.05, 4.69) is 27.9 Å². The van der Waals surface area contributed by atoms with Crippen molar-refractivity contribution in [3.05, 3.63) is 41.7 Å². The highest BCUT2D eigenvalue weighted by Gasteiger charge is 2.23. The number of rotatable bonds is 7. The van der Waals surface area contributed by atoms with Gasteiger partial charge in [-0.15, -0.1) is 0 Å². The van der Waals surface area contributed by atoms with Crippen LogP contribution in [-0.2, 0) is 22.4 Å². The summed E-state index contributed by atoms with van der Waals surface area (Å²) in [7, 11) is 1.69. The van der Waals surface area contributed by atoms with E-state index in [0.29, 0.717) is 12.6 Å². The molecule has 2 aromatic heterocycles. The summed E-state index contributed by atoms with van der Waals surface area (Å²) in [4.78, 5) is 26.3. The zero-order valence-corrected chi connectivity index (χ0v) is 18.0. The second-order valence-electron chi connectivity index (χ2n) is 7.25. The fourth-order valence-electron chi connectivity index (χ4n) is 3.34. The van der Waals surface area contributed by atoms with Gasteiger partial charge in [-0.1, -0.05) is 11.3 Å². The number of hydrogen-bond donors (Lipinski definition) is 3. The number of aryl methyl sites for hydroxylation is 2. The van der Waals surface area contributed by atoms with Gasteiger partial charge in [-0.3, -0.25) is 4.79 Å². The second kappa shape index (κ2) is 8.76. The molecule has 9 heteroatoms. The van der Waals surface area contributed by atoms with Crippen LogP contribution in [0.5, 0.6) is 0 Å². The minimum Gasteiger partial charge on any atom is -0.383 e. The molecule has 0 aliphatic heterocycles. The Labute approximate surface area is 179 Å². The predicted octanol–water partition coefficient (Wildman–Crippen LogP) is 3.85. The Morgan fingerprint density at radius 2 is 1.97 bits per heavy atom. The molecule has 4 rings (SSSR count). The van der Waals surface area contributed by atoms with Crippen molar-refractivity contribution < 1.29 is 9.53 Å². The summed E-state index contributed by atoms with van der Waals surface area (Å²) in [5, 5.41) is 10.3. The zero-order chi connectivity index (χ0) is 21.1. The van der Waals surface area contributed by atoms with E-state index in [-0.39, 0.29) is 11.9 Å². The molecule has 0 radical (unpaired) electrons. The quantitative estimate of drug-likeness (QED) is 0.530. The lowest BCUT2D eigenvalue weighted by Gasteiger charge is -2.15. The normalized spacial score (nSPS) is 13.2. The van der Waals surface area contributed by atoms with Gasteiger partial charge < -0.3 is 20.7 Å². The van der Waals surface area contributed by atoms with Crippen molar-refractivity contribution in [2.45, 2.75) is 32.7 Å². The Hall–Kier alpha value is -3.04. The number of amides is 1. The minimum atomic E-state index is -0.0976. The van der Waals surface area contributed by atoms with Gasteiger partial charge >= 0.3 is 0 Å². The van der Waals surface area contributed by atoms with Crippen LogP contribution in [0.25, 0.3) is 10.6 Å². The van der Waals surface area contributed by atoms with E-state index < -0.39 is 0 Å². The fraction of sp³-hybridized carbons (Fsp3) is 0.333. The van der Waals surface area contributed by atoms with Gasteiger partial charge in [0.15, 0.2) is 5.13 Å². The monoisotopic (exact) mass is 424 g/mol. The Morgan fingerprint density at radius 3 is 2.70 bits per heavy atom. The lowest BCUT2D eigenvalue weighted by molar-refractivity contribution is -0.114. The summed E-state index contributed by atoms with van der Waals surface area (Å²) in [6.07, 6.45) is 3.66. The average Bonchev–Trinajstić information content (AvgIpc) is 3.12. The molecule has 1 atom stereocenters. The van der Waals surface area contributed by atoms with Crippen molar-refractivity contribution in [2.75, 3.05) is 29.7 Å². The molecule has 1 aliphatic rings. The molecule has 1 unspecified atom stereocenters. The Bertz CT molecular complexity index is 1050. The predicted molar refractivity (Wildman–Crippen MR) is 120 cm³/mol. The number of ether oxygens (including phenoxy) is 1. The molecule has 1 aromatic carbocycles. The number of methoxy groups -OCH3 is 1. The van der Waals surface area contributed by atoms with Crippen molar-refractivity contribution in [1.29, 1.82) is 0 Å². The number of carbonyl (C=O) groups excluding carboxylic acids is 1. The summed E-state index contributed by atoms with van der Waals surface area (Å²) in [6, 6.07) is 7.62. The summed E-state index contributed by atoms with van der Waals surface area (Å²) < 4.78 is 5.20. The molecule has 1 amide bonds. The molecular weight excluding hydrogens is 400 g/mol. The molecule has 0 saturated heterocycles. The molecule has 30 heavy (non-hydrogen) atoms. The van der Waals surface area contributed by atoms with Crippen molar-refractivity contribution in [2.24, 2.45) is 0 Å². The largest absolute Gasteiger partial charge is 0.383 e. The van der Waals surface area contributed by atoms with Crippen molar-refractivity contribution in [1.82, 2.24) is 15.0 Å². The van der Waals surface area contributed by atoms with Crippen LogP contribution < -0.4 is 16.0 Å². The van der Waals surface area contributed by atoms with Gasteiger partial charge in [0, 0.05) is 37.6 Å². The number of nitrogens with zero attached hydrogens (tertiary/aromatic N) is 3. The lowest BCUT2D eigenvalue weighted by atomic mass is 10.00. The summed E-state index contributed by atoms with van der Waals surface area (Å²) >= 11 is 1.62. The van der Waals surface area contributed by atoms with Crippen LogP contribution in [0.2, 0.25) is 0 Å². The average molecular weight is 425 g/mol. The highest BCUT2D eigenvalue weighted by Crippen LogP contribution is 2.39. The molecule has 0 fully saturated rings. The van der Waals surface area contributed by atoms with Crippen molar-refractivity contribution in [3.8, 4) is 10.6 Å². The van der Waals surface area contributed by atoms with E-state index in [4.69, 9.17) is 14.7 Å². The first-order valence-electron chi connectivity index (χ1n) is 9.78. The molecule has 156 valence electrons. The van der Waals surface area contributed by atoms with Gasteiger partial charge in [0.1, 0.15) is 0 Å². The van der Waals surface area contributed by atoms with Crippen LogP contribution in [0.15, 0.2) is 30.5 Å². The molecule has 0 bridgehead atoms. The Kier molecular flexibility index (Phi) is 5.91. The first-order valence-corrected chi connectivity index (χ1v) is 10.6. The maximum atomic E-state index is 11.2. The first-order chi connectivity index (χ1) is 14.5. The van der Waals surface area contributed by atoms with E-state index in [0.717, 1.165) is 51.2 Å². The standard InChI is InChI=1S/C21H24N6O2S/c1-12(11-29-3)23-21-26-17-9-4-14-10-22-20(27-18(14)19(17)30-21)25-16-7-5-15(6-8-16)24-13(2)28/h5-8,10,12H,4,9,11H2,1-3H3,(H,23,26)(H,24,28)(H,22,25,27). The third-order valence-electron chi connectivity index (χ3n) is 4.66. The number of hydrogen-bond acceptors (Lipinski definition) is 8. The van der Waals surface area contributed by atoms with Crippen LogP contribution in [0.1, 0.15) is 25.1 Å². The molecule has 2 heterocycles. The molecule has 0 spiro atoms. The van der Waals surface area contributed by atoms with E-state index in [1.807, 2.05) is 30.5 Å². The lowest BCUT2D eigenvalue weighted by Crippen LogP contribution is -2.20. The number of thiazole rings is 1. The van der Waals surface area contributed by atoms with Crippen LogP contribution in [0.3, 0.4) is 0 Å². The van der Waals surface area contributed by atoms with E-state index in [9.17, 15) is 4.79 Å². The van der Waals surface area contributed by atoms with E-state index in [1.165, 1.54) is 6.92 Å². The SMILES string of the molecule is COCC(C)Nc1nc2c(s1)-c1nc(Nc3ccc(NC(C)=O)cc3)ncc1CC2. The Balaban J connectivity index is 1.54. The van der Waals surface area contributed by atoms with E-state index in [1.54, 1.807) is 18.4 Å². The number of nitrogens with one attached hydrogen (secondary N) is 3. The van der Waals surface area contributed by atoms with Gasteiger partial charge in [0.25, 0.3) is 0 Å². The summed E-state index contributed by atoms with van der Waals surface area (Å²) in [5.74, 6) is 0.434. The van der Waals surface area contributed by atoms with Crippen LogP contribution in [0.4, 0.5) is 22.5 Å². The number of aromatic nitrogens is 3. The van der Waals surface area contributed by atoms with Crippen LogP contribution in [0, 0.1) is 0 Å². The molecule has 0 saturated carbocycles. The highest BCUT2D eigenvalue weighted by molar-refractivity contribution is 7.19. The fourth-order valence-corrected chi connectivity index (χ4v) is 4.49. The number of carbonyl (C=O) groups is 1. The van der Waals surface area contributed by atoms with Crippen LogP contribution >= 0.6 is 11.3 Å². The smallest absolute Gasteiger partial charge is 0.227 e. The first kappa shape index (κ1) is 20.2. The van der Waals surface area contributed by atoms with Crippen molar-refractivity contribution in [3.63, 3.8) is 0 Å². The maximum absolute atomic E-state index is 11.2. The van der Waals surface area contributed by atoms with Gasteiger partial charge in [0.05, 0.1) is 22.9 Å². The van der Waals surface area contributed by atoms with Gasteiger partial charge in [-0.05, 0) is 49.6 Å². The third-order valence-corrected chi connectivity index (χ3v) is 5.69. The van der Waals surface area contributed by atoms with Gasteiger partial charge in [0.2, 0.25) is 11.9 Å². The number of fused-ring (bicyclic) bond motifs is 3. The van der Waals surface area contributed by atoms with Crippen LogP contribution in [-0.4, -0.2) is 40.6 Å². The topological polar surface area (TPSA) is 101 Å². The van der Waals surface area contributed by atoms with Gasteiger partial charge in [-0.25, -0.2) is 15.0 Å². The van der Waals surface area contributed by atoms with E-state index >= 15 is 0 Å². The van der Waals surface area contributed by atoms with Gasteiger partial charge in [-0.2, -0.15) is 0 Å². The maximum Gasteiger partial charge on any atom is 0.227 e. The number of anilines is 4. The molecule has 3 aromatic rings. The molecule has 8 nitrogen and oxygen atoms in total. The third kappa shape index (κ3) is 4.58. The zero-order valence-electron chi connectivity index (χ0n) is 17.2. The second-order valence-corrected chi connectivity index (χ2v) is 8.25. The minimum absolute atomic E-state index is 0.0976. The summed E-state index contributed by atoms with van der Waals surface area (Å²) in [5.41, 5.74) is 4.74. The highest BCUT2D eigenvalue weighted by atomic mass is 32.1. The molecule has 3 N–H and O–H groups in total. The Morgan fingerprint density at radius 1 is 1.20 bits per heavy atom. The molecule has 1 aliphatic carbocycles. The summed E-state index contributed by atoms with van der Waals surface area (Å²) in [6.45, 7) is 4.18.